The predicted octanol–water partition coefficient (Wildman–Crippen LogP) is -2.73. The summed E-state index contributed by atoms with van der Waals surface area (Å²) in [6, 6.07) is 0. The van der Waals surface area contributed by atoms with Crippen molar-refractivity contribution in [3.05, 3.63) is 29.3 Å². The molecule has 47 heavy (non-hydrogen) atoms. The van der Waals surface area contributed by atoms with Crippen molar-refractivity contribution in [2.75, 3.05) is 31.8 Å². The van der Waals surface area contributed by atoms with Crippen LogP contribution in [0.3, 0.4) is 0 Å². The Morgan fingerprint density at radius 2 is 1.55 bits per heavy atom. The summed E-state index contributed by atoms with van der Waals surface area (Å²) in [5.74, 6) is -0.201. The molecule has 9 atom stereocenters. The van der Waals surface area contributed by atoms with Crippen LogP contribution in [0.5, 0.6) is 0 Å². The second kappa shape index (κ2) is 12.5. The molecule has 4 aromatic rings. The SMILES string of the molecule is COC1C(OP(=O)(O)OCC2OC(n3cnc4c(=O)[nH]c(N)nc43)C(O)C2O)C(COP(=O)(O)O)OC1n1cnc2c(N)ncnc21. The van der Waals surface area contributed by atoms with Crippen molar-refractivity contribution in [2.45, 2.75) is 49.1 Å². The minimum Gasteiger partial charge on any atom is -0.387 e. The molecule has 6 heterocycles. The number of hydrogen-bond donors (Lipinski definition) is 8. The molecule has 0 amide bonds. The van der Waals surface area contributed by atoms with E-state index >= 15 is 0 Å². The summed E-state index contributed by atoms with van der Waals surface area (Å²) in [5.41, 5.74) is 11.0. The molecule has 26 heteroatoms. The van der Waals surface area contributed by atoms with E-state index in [-0.39, 0.29) is 34.1 Å². The summed E-state index contributed by atoms with van der Waals surface area (Å²) < 4.78 is 59.3. The van der Waals surface area contributed by atoms with Crippen molar-refractivity contribution >= 4 is 49.7 Å². The van der Waals surface area contributed by atoms with Gasteiger partial charge in [0.15, 0.2) is 35.1 Å². The van der Waals surface area contributed by atoms with Crippen LogP contribution in [0.4, 0.5) is 11.8 Å². The lowest BCUT2D eigenvalue weighted by Crippen LogP contribution is -2.38. The van der Waals surface area contributed by atoms with E-state index in [1.54, 1.807) is 0 Å². The van der Waals surface area contributed by atoms with Crippen LogP contribution in [0, 0.1) is 0 Å². The maximum absolute atomic E-state index is 13.2. The maximum Gasteiger partial charge on any atom is 0.472 e. The number of anilines is 2. The molecule has 6 rings (SSSR count). The van der Waals surface area contributed by atoms with Gasteiger partial charge in [-0.3, -0.25) is 32.5 Å². The van der Waals surface area contributed by atoms with E-state index in [0.29, 0.717) is 0 Å². The number of methoxy groups -OCH3 is 1. The fourth-order valence-corrected chi connectivity index (χ4v) is 6.55. The topological polar surface area (TPSA) is 350 Å². The van der Waals surface area contributed by atoms with E-state index in [4.69, 9.17) is 34.7 Å². The molecule has 10 N–H and O–H groups in total. The highest BCUT2D eigenvalue weighted by Crippen LogP contribution is 2.50. The lowest BCUT2D eigenvalue weighted by atomic mass is 10.1. The molecule has 0 bridgehead atoms. The van der Waals surface area contributed by atoms with Crippen LogP contribution in [0.25, 0.3) is 22.3 Å². The van der Waals surface area contributed by atoms with Gasteiger partial charge in [0, 0.05) is 7.11 Å². The zero-order valence-electron chi connectivity index (χ0n) is 23.9. The third-order valence-corrected chi connectivity index (χ3v) is 8.82. The number of nitrogens with two attached hydrogens (primary N) is 2. The molecule has 256 valence electrons. The molecule has 0 spiro atoms. The first-order chi connectivity index (χ1) is 22.2. The summed E-state index contributed by atoms with van der Waals surface area (Å²) >= 11 is 0. The summed E-state index contributed by atoms with van der Waals surface area (Å²) in [5, 5.41) is 21.3. The number of phosphoric acid groups is 2. The highest BCUT2D eigenvalue weighted by molar-refractivity contribution is 7.47. The molecule has 0 radical (unpaired) electrons. The number of phosphoric ester groups is 2. The van der Waals surface area contributed by atoms with Crippen molar-refractivity contribution in [3.63, 3.8) is 0 Å². The standard InChI is InChI=1S/C21H28N10O14P2/c1-40-14-13(8(3-41-46(35,36)37)44-20(14)30-5-26-9-15(22)24-4-25-16(9)30)45-47(38,39)42-2-7-11(32)12(33)19(43-7)31-6-27-10-17(31)28-21(23)29-18(10)34/h4-8,11-14,19-20,32-33H,2-3H2,1H3,(H,38,39)(H2,22,24,25)(H2,35,36,37)(H3,23,28,29,34). The van der Waals surface area contributed by atoms with Crippen LogP contribution < -0.4 is 17.0 Å². The Kier molecular flexibility index (Phi) is 8.90. The van der Waals surface area contributed by atoms with Gasteiger partial charge in [0.1, 0.15) is 48.5 Å². The predicted molar refractivity (Wildman–Crippen MR) is 152 cm³/mol. The molecule has 0 aliphatic carbocycles. The Morgan fingerprint density at radius 1 is 0.894 bits per heavy atom. The lowest BCUT2D eigenvalue weighted by molar-refractivity contribution is -0.0582. The van der Waals surface area contributed by atoms with Crippen LogP contribution in [-0.4, -0.2) is 121 Å². The third kappa shape index (κ3) is 6.51. The van der Waals surface area contributed by atoms with E-state index in [1.165, 1.54) is 18.0 Å². The molecule has 24 nitrogen and oxygen atoms in total. The molecular formula is C21H28N10O14P2. The molecule has 2 aliphatic heterocycles. The zero-order valence-corrected chi connectivity index (χ0v) is 25.6. The quantitative estimate of drug-likeness (QED) is 0.0733. The number of aromatic amines is 1. The van der Waals surface area contributed by atoms with Gasteiger partial charge in [-0.15, -0.1) is 0 Å². The largest absolute Gasteiger partial charge is 0.472 e. The van der Waals surface area contributed by atoms with E-state index < -0.39 is 83.5 Å². The number of imidazole rings is 2. The van der Waals surface area contributed by atoms with Gasteiger partial charge in [0.25, 0.3) is 5.56 Å². The Bertz CT molecular complexity index is 1930. The summed E-state index contributed by atoms with van der Waals surface area (Å²) in [6.07, 6.45) is -7.99. The number of hydrogen-bond acceptors (Lipinski definition) is 18. The highest BCUT2D eigenvalue weighted by Gasteiger charge is 2.52. The molecule has 0 saturated carbocycles. The van der Waals surface area contributed by atoms with Gasteiger partial charge in [0.05, 0.1) is 25.9 Å². The van der Waals surface area contributed by atoms with Gasteiger partial charge < -0.3 is 50.6 Å². The number of ether oxygens (including phenoxy) is 3. The Balaban J connectivity index is 1.20. The van der Waals surface area contributed by atoms with Crippen LogP contribution in [-0.2, 0) is 36.9 Å². The van der Waals surface area contributed by atoms with Gasteiger partial charge in [-0.05, 0) is 0 Å². The second-order valence-electron chi connectivity index (χ2n) is 10.3. The second-order valence-corrected chi connectivity index (χ2v) is 12.9. The van der Waals surface area contributed by atoms with E-state index in [1.807, 2.05) is 0 Å². The molecule has 4 aromatic heterocycles. The number of nitrogen functional groups attached to an aromatic ring is 2. The van der Waals surface area contributed by atoms with Crippen molar-refractivity contribution in [1.29, 1.82) is 0 Å². The highest BCUT2D eigenvalue weighted by atomic mass is 31.2. The van der Waals surface area contributed by atoms with Crippen LogP contribution >= 0.6 is 15.6 Å². The fraction of sp³-hybridized carbons (Fsp3) is 0.524. The van der Waals surface area contributed by atoms with Gasteiger partial charge in [-0.1, -0.05) is 0 Å². The van der Waals surface area contributed by atoms with E-state index in [0.717, 1.165) is 17.2 Å². The molecule has 9 unspecified atom stereocenters. The molecule has 2 fully saturated rings. The molecule has 2 aliphatic rings. The summed E-state index contributed by atoms with van der Waals surface area (Å²) in [7, 11) is -8.95. The minimum atomic E-state index is -5.13. The van der Waals surface area contributed by atoms with Crippen LogP contribution in [0.2, 0.25) is 0 Å². The first kappa shape index (κ1) is 33.4. The molecular weight excluding hydrogens is 678 g/mol. The van der Waals surface area contributed by atoms with E-state index in [2.05, 4.69) is 34.4 Å². The monoisotopic (exact) mass is 706 g/mol. The van der Waals surface area contributed by atoms with Gasteiger partial charge in [0.2, 0.25) is 5.95 Å². The Morgan fingerprint density at radius 3 is 2.26 bits per heavy atom. The number of rotatable bonds is 11. The van der Waals surface area contributed by atoms with Gasteiger partial charge >= 0.3 is 15.6 Å². The molecule has 2 saturated heterocycles. The van der Waals surface area contributed by atoms with Gasteiger partial charge in [-0.25, -0.2) is 29.1 Å². The Labute approximate surface area is 261 Å². The first-order valence-corrected chi connectivity index (χ1v) is 16.4. The third-order valence-electron chi connectivity index (χ3n) is 7.34. The van der Waals surface area contributed by atoms with Crippen molar-refractivity contribution in [3.8, 4) is 0 Å². The molecule has 0 aromatic carbocycles. The smallest absolute Gasteiger partial charge is 0.387 e. The van der Waals surface area contributed by atoms with Crippen molar-refractivity contribution in [1.82, 2.24) is 39.0 Å². The van der Waals surface area contributed by atoms with Crippen molar-refractivity contribution < 1.29 is 61.8 Å². The number of aliphatic hydroxyl groups excluding tert-OH is 2. The van der Waals surface area contributed by atoms with Crippen molar-refractivity contribution in [2.24, 2.45) is 0 Å². The van der Waals surface area contributed by atoms with E-state index in [9.17, 15) is 38.8 Å². The number of fused-ring (bicyclic) bond motifs is 2. The average Bonchev–Trinajstić information content (AvgIpc) is 3.75. The van der Waals surface area contributed by atoms with Crippen LogP contribution in [0.15, 0.2) is 23.8 Å². The number of aliphatic hydroxyl groups is 2. The Hall–Kier alpha value is -3.48. The first-order valence-electron chi connectivity index (χ1n) is 13.4. The summed E-state index contributed by atoms with van der Waals surface area (Å²) in [6.45, 7) is -1.64. The maximum atomic E-state index is 13.2. The van der Waals surface area contributed by atoms with Gasteiger partial charge in [-0.2, -0.15) is 4.98 Å². The number of aromatic nitrogens is 8. The summed E-state index contributed by atoms with van der Waals surface area (Å²) in [4.78, 5) is 63.6. The number of nitrogens with one attached hydrogen (secondary N) is 1. The average molecular weight is 706 g/mol. The minimum absolute atomic E-state index is 0.0436. The number of nitrogens with zero attached hydrogens (tertiary/aromatic N) is 7. The zero-order chi connectivity index (χ0) is 33.8. The van der Waals surface area contributed by atoms with Crippen LogP contribution in [0.1, 0.15) is 12.5 Å². The lowest BCUT2D eigenvalue weighted by Gasteiger charge is -2.26. The normalized spacial score (nSPS) is 29.6. The fourth-order valence-electron chi connectivity index (χ4n) is 5.25. The number of H-pyrrole nitrogens is 1.